The third-order valence-electron chi connectivity index (χ3n) is 6.81. The Morgan fingerprint density at radius 3 is 1.72 bits per heavy atom. The van der Waals surface area contributed by atoms with Crippen molar-refractivity contribution in [2.24, 2.45) is 28.7 Å². The molecule has 0 saturated heterocycles. The van der Waals surface area contributed by atoms with E-state index in [0.29, 0.717) is 19.6 Å². The molecule has 4 nitrogen and oxygen atoms in total. The number of carbonyl (C=O) groups excluding carboxylic acids is 1. The summed E-state index contributed by atoms with van der Waals surface area (Å²) in [5.41, 5.74) is 11.4. The summed E-state index contributed by atoms with van der Waals surface area (Å²) in [5.74, 6) is 1.76. The Bertz CT molecular complexity index is 351. The van der Waals surface area contributed by atoms with Gasteiger partial charge in [0, 0.05) is 19.6 Å². The van der Waals surface area contributed by atoms with Crippen LogP contribution in [0.5, 0.6) is 0 Å². The summed E-state index contributed by atoms with van der Waals surface area (Å²) in [6, 6.07) is 0. The van der Waals surface area contributed by atoms with Crippen LogP contribution in [-0.4, -0.2) is 25.5 Å². The fourth-order valence-corrected chi connectivity index (χ4v) is 4.93. The first-order chi connectivity index (χ1) is 12.2. The molecule has 0 bridgehead atoms. The topological polar surface area (TPSA) is 81.1 Å². The van der Waals surface area contributed by atoms with Crippen LogP contribution in [-0.2, 0) is 4.79 Å². The van der Waals surface area contributed by atoms with Gasteiger partial charge in [-0.3, -0.25) is 4.79 Å². The maximum atomic E-state index is 13.0. The van der Waals surface area contributed by atoms with Crippen molar-refractivity contribution in [2.75, 3.05) is 19.6 Å². The van der Waals surface area contributed by atoms with Gasteiger partial charge in [-0.1, -0.05) is 64.2 Å². The molecule has 0 aliphatic heterocycles. The Balaban J connectivity index is 1.94. The minimum absolute atomic E-state index is 0.159. The SMILES string of the molecule is NCCNC(=O)C(CN)(CCC1CCCCC1)CCC1CCCCC1. The molecule has 2 saturated carbocycles. The third-order valence-corrected chi connectivity index (χ3v) is 6.81. The highest BCUT2D eigenvalue weighted by Crippen LogP contribution is 2.38. The van der Waals surface area contributed by atoms with Gasteiger partial charge in [-0.15, -0.1) is 0 Å². The summed E-state index contributed by atoms with van der Waals surface area (Å²) < 4.78 is 0. The van der Waals surface area contributed by atoms with Gasteiger partial charge in [0.25, 0.3) is 0 Å². The Labute approximate surface area is 154 Å². The maximum Gasteiger partial charge on any atom is 0.227 e. The van der Waals surface area contributed by atoms with Gasteiger partial charge in [0.15, 0.2) is 0 Å². The van der Waals surface area contributed by atoms with Gasteiger partial charge in [-0.2, -0.15) is 0 Å². The highest BCUT2D eigenvalue weighted by Gasteiger charge is 2.37. The Morgan fingerprint density at radius 1 is 0.840 bits per heavy atom. The van der Waals surface area contributed by atoms with Crippen molar-refractivity contribution in [1.82, 2.24) is 5.32 Å². The molecule has 0 spiro atoms. The third kappa shape index (κ3) is 6.56. The molecule has 0 heterocycles. The smallest absolute Gasteiger partial charge is 0.227 e. The van der Waals surface area contributed by atoms with Crippen LogP contribution in [0.4, 0.5) is 0 Å². The van der Waals surface area contributed by atoms with Gasteiger partial charge in [0.2, 0.25) is 5.91 Å². The van der Waals surface area contributed by atoms with E-state index in [1.165, 1.54) is 64.2 Å². The van der Waals surface area contributed by atoms with Crippen LogP contribution in [0.1, 0.15) is 89.9 Å². The van der Waals surface area contributed by atoms with E-state index < -0.39 is 0 Å². The summed E-state index contributed by atoms with van der Waals surface area (Å²) in [5, 5.41) is 3.06. The highest BCUT2D eigenvalue weighted by molar-refractivity contribution is 5.82. The monoisotopic (exact) mass is 351 g/mol. The van der Waals surface area contributed by atoms with Crippen LogP contribution in [0.3, 0.4) is 0 Å². The van der Waals surface area contributed by atoms with Gasteiger partial charge >= 0.3 is 0 Å². The first-order valence-electron chi connectivity index (χ1n) is 10.9. The number of nitrogens with two attached hydrogens (primary N) is 2. The zero-order valence-electron chi connectivity index (χ0n) is 16.2. The molecular formula is C21H41N3O. The van der Waals surface area contributed by atoms with Crippen molar-refractivity contribution < 1.29 is 4.79 Å². The number of carbonyl (C=O) groups is 1. The molecule has 0 aromatic heterocycles. The Kier molecular flexibility index (Phi) is 9.25. The molecular weight excluding hydrogens is 310 g/mol. The van der Waals surface area contributed by atoms with Crippen molar-refractivity contribution in [1.29, 1.82) is 0 Å². The predicted molar refractivity (Wildman–Crippen MR) is 105 cm³/mol. The molecule has 25 heavy (non-hydrogen) atoms. The van der Waals surface area contributed by atoms with Crippen LogP contribution in [0, 0.1) is 17.3 Å². The van der Waals surface area contributed by atoms with Crippen molar-refractivity contribution in [3.05, 3.63) is 0 Å². The second-order valence-electron chi connectivity index (χ2n) is 8.61. The van der Waals surface area contributed by atoms with Crippen LogP contribution in [0.15, 0.2) is 0 Å². The summed E-state index contributed by atoms with van der Waals surface area (Å²) in [7, 11) is 0. The minimum Gasteiger partial charge on any atom is -0.354 e. The molecule has 0 atom stereocenters. The maximum absolute atomic E-state index is 13.0. The zero-order chi connectivity index (χ0) is 18.0. The number of rotatable bonds is 10. The van der Waals surface area contributed by atoms with Crippen molar-refractivity contribution in [2.45, 2.75) is 89.9 Å². The van der Waals surface area contributed by atoms with Crippen LogP contribution in [0.2, 0.25) is 0 Å². The number of nitrogens with one attached hydrogen (secondary N) is 1. The van der Waals surface area contributed by atoms with E-state index in [2.05, 4.69) is 5.32 Å². The first-order valence-corrected chi connectivity index (χ1v) is 10.9. The lowest BCUT2D eigenvalue weighted by atomic mass is 9.72. The molecule has 146 valence electrons. The van der Waals surface area contributed by atoms with Gasteiger partial charge in [-0.25, -0.2) is 0 Å². The Morgan fingerprint density at radius 2 is 1.32 bits per heavy atom. The molecule has 2 fully saturated rings. The standard InChI is InChI=1S/C21H41N3O/c22-15-16-24-20(25)21(17-23,13-11-18-7-3-1-4-8-18)14-12-19-9-5-2-6-10-19/h18-19H,1-17,22-23H2,(H,24,25). The minimum atomic E-state index is -0.371. The zero-order valence-corrected chi connectivity index (χ0v) is 16.2. The van der Waals surface area contributed by atoms with E-state index in [0.717, 1.165) is 37.5 Å². The Hall–Kier alpha value is -0.610. The normalized spacial score (nSPS) is 20.6. The largest absolute Gasteiger partial charge is 0.354 e. The number of hydrogen-bond donors (Lipinski definition) is 3. The number of amides is 1. The van der Waals surface area contributed by atoms with E-state index in [1.54, 1.807) is 0 Å². The van der Waals surface area contributed by atoms with Crippen LogP contribution < -0.4 is 16.8 Å². The first kappa shape index (κ1) is 20.7. The average Bonchev–Trinajstić information content (AvgIpc) is 2.68. The van der Waals surface area contributed by atoms with Crippen molar-refractivity contribution in [3.63, 3.8) is 0 Å². The molecule has 0 aromatic carbocycles. The van der Waals surface area contributed by atoms with E-state index >= 15 is 0 Å². The molecule has 1 amide bonds. The van der Waals surface area contributed by atoms with E-state index in [4.69, 9.17) is 11.5 Å². The molecule has 2 rings (SSSR count). The molecule has 2 aliphatic rings. The van der Waals surface area contributed by atoms with Gasteiger partial charge in [0.05, 0.1) is 5.41 Å². The lowest BCUT2D eigenvalue weighted by Crippen LogP contribution is -2.47. The van der Waals surface area contributed by atoms with Crippen molar-refractivity contribution in [3.8, 4) is 0 Å². The van der Waals surface area contributed by atoms with Crippen LogP contribution in [0.25, 0.3) is 0 Å². The lowest BCUT2D eigenvalue weighted by Gasteiger charge is -2.35. The molecule has 4 heteroatoms. The fourth-order valence-electron chi connectivity index (χ4n) is 4.93. The second-order valence-corrected chi connectivity index (χ2v) is 8.61. The second kappa shape index (κ2) is 11.2. The average molecular weight is 352 g/mol. The molecule has 0 unspecified atom stereocenters. The lowest BCUT2D eigenvalue weighted by molar-refractivity contribution is -0.131. The highest BCUT2D eigenvalue weighted by atomic mass is 16.2. The molecule has 0 aromatic rings. The fraction of sp³-hybridized carbons (Fsp3) is 0.952. The summed E-state index contributed by atoms with van der Waals surface area (Å²) >= 11 is 0. The molecule has 0 radical (unpaired) electrons. The van der Waals surface area contributed by atoms with Gasteiger partial charge in [-0.05, 0) is 37.5 Å². The summed E-state index contributed by atoms with van der Waals surface area (Å²) in [4.78, 5) is 13.0. The van der Waals surface area contributed by atoms with E-state index in [-0.39, 0.29) is 11.3 Å². The summed E-state index contributed by atoms with van der Waals surface area (Å²) in [6.45, 7) is 1.54. The summed E-state index contributed by atoms with van der Waals surface area (Å²) in [6.07, 6.45) is 17.8. The van der Waals surface area contributed by atoms with E-state index in [1.807, 2.05) is 0 Å². The predicted octanol–water partition coefficient (Wildman–Crippen LogP) is 3.73. The number of hydrogen-bond acceptors (Lipinski definition) is 3. The van der Waals surface area contributed by atoms with E-state index in [9.17, 15) is 4.79 Å². The van der Waals surface area contributed by atoms with Crippen molar-refractivity contribution >= 4 is 5.91 Å². The quantitative estimate of drug-likeness (QED) is 0.561. The molecule has 2 aliphatic carbocycles. The van der Waals surface area contributed by atoms with Gasteiger partial charge < -0.3 is 16.8 Å². The van der Waals surface area contributed by atoms with Crippen LogP contribution >= 0.6 is 0 Å². The molecule has 5 N–H and O–H groups in total. The van der Waals surface area contributed by atoms with Gasteiger partial charge in [0.1, 0.15) is 0 Å².